The molecular weight excluding hydrogens is 338 g/mol. The SMILES string of the molecule is COc1ccc(C(C)=O)cc1C[C@H](C(=O)c1ccc(C)cc1)N1CCCC1. The number of carbonyl (C=O) groups excluding carboxylic acids is 2. The molecule has 4 heteroatoms. The van der Waals surface area contributed by atoms with Crippen molar-refractivity contribution in [3.8, 4) is 5.75 Å². The first-order chi connectivity index (χ1) is 13.0. The third-order valence-electron chi connectivity index (χ3n) is 5.32. The van der Waals surface area contributed by atoms with Crippen LogP contribution in [0.3, 0.4) is 0 Å². The van der Waals surface area contributed by atoms with Crippen LogP contribution in [0.5, 0.6) is 5.75 Å². The molecule has 2 aromatic rings. The molecule has 0 amide bonds. The summed E-state index contributed by atoms with van der Waals surface area (Å²) in [4.78, 5) is 27.4. The minimum atomic E-state index is -0.244. The van der Waals surface area contributed by atoms with E-state index in [1.54, 1.807) is 20.1 Å². The Kier molecular flexibility index (Phi) is 6.07. The van der Waals surface area contributed by atoms with Gasteiger partial charge in [0.2, 0.25) is 0 Å². The molecule has 0 N–H and O–H groups in total. The first-order valence-corrected chi connectivity index (χ1v) is 9.52. The van der Waals surface area contributed by atoms with Crippen molar-refractivity contribution in [2.75, 3.05) is 20.2 Å². The van der Waals surface area contributed by atoms with E-state index in [1.807, 2.05) is 43.3 Å². The second-order valence-electron chi connectivity index (χ2n) is 7.28. The summed E-state index contributed by atoms with van der Waals surface area (Å²) in [5.41, 5.74) is 3.43. The second-order valence-corrected chi connectivity index (χ2v) is 7.28. The molecule has 0 aromatic heterocycles. The van der Waals surface area contributed by atoms with E-state index in [0.717, 1.165) is 48.4 Å². The van der Waals surface area contributed by atoms with Crippen LogP contribution in [0.25, 0.3) is 0 Å². The number of methoxy groups -OCH3 is 1. The number of nitrogens with zero attached hydrogens (tertiary/aromatic N) is 1. The Labute approximate surface area is 161 Å². The van der Waals surface area contributed by atoms with E-state index >= 15 is 0 Å². The van der Waals surface area contributed by atoms with Gasteiger partial charge in [0.15, 0.2) is 11.6 Å². The molecule has 0 radical (unpaired) electrons. The van der Waals surface area contributed by atoms with Crippen molar-refractivity contribution in [3.63, 3.8) is 0 Å². The summed E-state index contributed by atoms with van der Waals surface area (Å²) in [6.45, 7) is 5.43. The van der Waals surface area contributed by atoms with E-state index in [2.05, 4.69) is 4.90 Å². The molecule has 0 unspecified atom stereocenters. The monoisotopic (exact) mass is 365 g/mol. The fourth-order valence-electron chi connectivity index (χ4n) is 3.72. The molecule has 27 heavy (non-hydrogen) atoms. The Hall–Kier alpha value is -2.46. The highest BCUT2D eigenvalue weighted by Crippen LogP contribution is 2.26. The number of Topliss-reactive ketones (excluding diaryl/α,β-unsaturated/α-hetero) is 2. The van der Waals surface area contributed by atoms with Crippen molar-refractivity contribution in [2.45, 2.75) is 39.2 Å². The minimum absolute atomic E-state index is 0.0153. The highest BCUT2D eigenvalue weighted by molar-refractivity contribution is 6.00. The summed E-state index contributed by atoms with van der Waals surface area (Å²) in [7, 11) is 1.62. The van der Waals surface area contributed by atoms with Crippen LogP contribution in [-0.2, 0) is 6.42 Å². The molecule has 0 spiro atoms. The van der Waals surface area contributed by atoms with Gasteiger partial charge in [-0.25, -0.2) is 0 Å². The lowest BCUT2D eigenvalue weighted by molar-refractivity contribution is 0.0847. The predicted octanol–water partition coefficient (Wildman–Crippen LogP) is 4.10. The average Bonchev–Trinajstić information content (AvgIpc) is 3.20. The van der Waals surface area contributed by atoms with Crippen molar-refractivity contribution in [1.29, 1.82) is 0 Å². The van der Waals surface area contributed by atoms with Crippen LogP contribution in [0, 0.1) is 6.92 Å². The van der Waals surface area contributed by atoms with Crippen LogP contribution < -0.4 is 4.74 Å². The summed E-state index contributed by atoms with van der Waals surface area (Å²) in [6.07, 6.45) is 2.77. The molecule has 1 atom stereocenters. The molecule has 1 aliphatic heterocycles. The van der Waals surface area contributed by atoms with Crippen LogP contribution >= 0.6 is 0 Å². The molecular formula is C23H27NO3. The number of benzene rings is 2. The highest BCUT2D eigenvalue weighted by atomic mass is 16.5. The first-order valence-electron chi connectivity index (χ1n) is 9.52. The molecule has 0 aliphatic carbocycles. The molecule has 1 fully saturated rings. The van der Waals surface area contributed by atoms with Gasteiger partial charge in [0, 0.05) is 11.1 Å². The summed E-state index contributed by atoms with van der Waals surface area (Å²) in [5, 5.41) is 0. The van der Waals surface area contributed by atoms with Gasteiger partial charge in [-0.3, -0.25) is 14.5 Å². The van der Waals surface area contributed by atoms with Gasteiger partial charge in [-0.05, 0) is 70.0 Å². The lowest BCUT2D eigenvalue weighted by Gasteiger charge is -2.27. The van der Waals surface area contributed by atoms with E-state index in [-0.39, 0.29) is 17.6 Å². The van der Waals surface area contributed by atoms with E-state index < -0.39 is 0 Å². The highest BCUT2D eigenvalue weighted by Gasteiger charge is 2.30. The molecule has 0 saturated carbocycles. The van der Waals surface area contributed by atoms with Gasteiger partial charge in [0.25, 0.3) is 0 Å². The summed E-state index contributed by atoms with van der Waals surface area (Å²) in [6, 6.07) is 13.0. The molecule has 1 aliphatic rings. The zero-order valence-corrected chi connectivity index (χ0v) is 16.3. The number of likely N-dealkylation sites (tertiary alicyclic amines) is 1. The van der Waals surface area contributed by atoms with Crippen molar-refractivity contribution < 1.29 is 14.3 Å². The Morgan fingerprint density at radius 2 is 1.67 bits per heavy atom. The molecule has 1 heterocycles. The van der Waals surface area contributed by atoms with Crippen LogP contribution in [-0.4, -0.2) is 42.7 Å². The van der Waals surface area contributed by atoms with E-state index in [4.69, 9.17) is 4.74 Å². The topological polar surface area (TPSA) is 46.6 Å². The zero-order valence-electron chi connectivity index (χ0n) is 16.3. The van der Waals surface area contributed by atoms with Gasteiger partial charge in [0.05, 0.1) is 13.2 Å². The molecule has 1 saturated heterocycles. The zero-order chi connectivity index (χ0) is 19.4. The van der Waals surface area contributed by atoms with E-state index in [9.17, 15) is 9.59 Å². The fraction of sp³-hybridized carbons (Fsp3) is 0.391. The Morgan fingerprint density at radius 1 is 1.04 bits per heavy atom. The van der Waals surface area contributed by atoms with Gasteiger partial charge >= 0.3 is 0 Å². The minimum Gasteiger partial charge on any atom is -0.496 e. The molecule has 2 aromatic carbocycles. The van der Waals surface area contributed by atoms with Gasteiger partial charge in [-0.2, -0.15) is 0 Å². The quantitative estimate of drug-likeness (QED) is 0.693. The van der Waals surface area contributed by atoms with Crippen LogP contribution in [0.15, 0.2) is 42.5 Å². The summed E-state index contributed by atoms with van der Waals surface area (Å²) < 4.78 is 5.50. The van der Waals surface area contributed by atoms with Crippen LogP contribution in [0.4, 0.5) is 0 Å². The first kappa shape index (κ1) is 19.3. The van der Waals surface area contributed by atoms with Gasteiger partial charge in [-0.15, -0.1) is 0 Å². The standard InChI is InChI=1S/C23H27NO3/c1-16-6-8-18(9-7-16)23(26)21(24-12-4-5-13-24)15-20-14-19(17(2)25)10-11-22(20)27-3/h6-11,14,21H,4-5,12-13,15H2,1-3H3/t21-/m1/s1. The molecule has 4 nitrogen and oxygen atoms in total. The molecule has 3 rings (SSSR count). The van der Waals surface area contributed by atoms with Gasteiger partial charge < -0.3 is 4.74 Å². The van der Waals surface area contributed by atoms with Gasteiger partial charge in [0.1, 0.15) is 5.75 Å². The summed E-state index contributed by atoms with van der Waals surface area (Å²) in [5.74, 6) is 0.870. The number of hydrogen-bond acceptors (Lipinski definition) is 4. The lowest BCUT2D eigenvalue weighted by atomic mass is 9.94. The van der Waals surface area contributed by atoms with Crippen molar-refractivity contribution in [3.05, 3.63) is 64.7 Å². The fourth-order valence-corrected chi connectivity index (χ4v) is 3.72. The average molecular weight is 365 g/mol. The second kappa shape index (κ2) is 8.49. The van der Waals surface area contributed by atoms with Gasteiger partial charge in [-0.1, -0.05) is 29.8 Å². The predicted molar refractivity (Wildman–Crippen MR) is 107 cm³/mol. The van der Waals surface area contributed by atoms with E-state index in [1.165, 1.54) is 0 Å². The lowest BCUT2D eigenvalue weighted by Crippen LogP contribution is -2.41. The smallest absolute Gasteiger partial charge is 0.180 e. The van der Waals surface area contributed by atoms with E-state index in [0.29, 0.717) is 12.0 Å². The number of aryl methyl sites for hydroxylation is 1. The Bertz CT molecular complexity index is 820. The number of ether oxygens (including phenoxy) is 1. The largest absolute Gasteiger partial charge is 0.496 e. The Morgan fingerprint density at radius 3 is 2.26 bits per heavy atom. The van der Waals surface area contributed by atoms with Crippen molar-refractivity contribution in [2.24, 2.45) is 0 Å². The molecule has 142 valence electrons. The van der Waals surface area contributed by atoms with Crippen LogP contribution in [0.1, 0.15) is 51.6 Å². The van der Waals surface area contributed by atoms with Crippen molar-refractivity contribution in [1.82, 2.24) is 4.90 Å². The van der Waals surface area contributed by atoms with Crippen molar-refractivity contribution >= 4 is 11.6 Å². The third kappa shape index (κ3) is 4.45. The van der Waals surface area contributed by atoms with Crippen LogP contribution in [0.2, 0.25) is 0 Å². The number of hydrogen-bond donors (Lipinski definition) is 0. The number of ketones is 2. The third-order valence-corrected chi connectivity index (χ3v) is 5.32. The Balaban J connectivity index is 1.94. The normalized spacial score (nSPS) is 15.5. The summed E-state index contributed by atoms with van der Waals surface area (Å²) >= 11 is 0. The maximum Gasteiger partial charge on any atom is 0.180 e. The maximum absolute atomic E-state index is 13.3. The number of carbonyl (C=O) groups is 2. The maximum atomic E-state index is 13.3. The number of rotatable bonds is 7. The molecule has 0 bridgehead atoms.